The molecule has 0 amide bonds. The first kappa shape index (κ1) is 23.2. The number of rotatable bonds is 10. The van der Waals surface area contributed by atoms with E-state index in [0.717, 1.165) is 19.3 Å². The van der Waals surface area contributed by atoms with Crippen molar-refractivity contribution in [1.82, 2.24) is 0 Å². The molecule has 0 aromatic heterocycles. The molecule has 2 aromatic carbocycles. The van der Waals surface area contributed by atoms with Gasteiger partial charge in [-0.2, -0.15) is 0 Å². The fourth-order valence-electron chi connectivity index (χ4n) is 3.40. The second-order valence-corrected chi connectivity index (χ2v) is 8.06. The maximum Gasteiger partial charge on any atom is 0.166 e. The van der Waals surface area contributed by atoms with Gasteiger partial charge in [-0.1, -0.05) is 42.5 Å². The number of carbonyl (C=O) groups is 2. The van der Waals surface area contributed by atoms with Gasteiger partial charge in [0.25, 0.3) is 0 Å². The normalized spacial score (nSPS) is 10.9. The van der Waals surface area contributed by atoms with E-state index in [-0.39, 0.29) is 23.1 Å². The molecular weight excluding hydrogens is 411 g/mol. The molecule has 0 bridgehead atoms. The number of hydrogen-bond donors (Lipinski definition) is 2. The number of hydrogen-bond acceptors (Lipinski definition) is 4. The Kier molecular flexibility index (Phi) is 8.54. The highest BCUT2D eigenvalue weighted by Gasteiger charge is 2.17. The minimum Gasteiger partial charge on any atom is -0.507 e. The zero-order valence-corrected chi connectivity index (χ0v) is 18.2. The molecule has 2 rings (SSSR count). The van der Waals surface area contributed by atoms with Crippen molar-refractivity contribution in [3.05, 3.63) is 56.6 Å². The predicted molar refractivity (Wildman–Crippen MR) is 117 cm³/mol. The summed E-state index contributed by atoms with van der Waals surface area (Å²) in [6, 6.07) is 6.04. The van der Waals surface area contributed by atoms with Crippen molar-refractivity contribution in [1.29, 1.82) is 0 Å². The lowest BCUT2D eigenvalue weighted by atomic mass is 9.97. The SMILES string of the molecule is Cc1c(Cl)ccc(O)c1C(=O)CCCCCCCC(=O)c1c(O)ccc(Cl)c1C. The van der Waals surface area contributed by atoms with Crippen LogP contribution in [0.3, 0.4) is 0 Å². The minimum atomic E-state index is -0.107. The van der Waals surface area contributed by atoms with Gasteiger partial charge in [0.05, 0.1) is 11.1 Å². The number of phenols is 2. The van der Waals surface area contributed by atoms with Gasteiger partial charge in [-0.3, -0.25) is 9.59 Å². The van der Waals surface area contributed by atoms with Crippen molar-refractivity contribution in [3.8, 4) is 11.5 Å². The molecule has 0 saturated carbocycles. The van der Waals surface area contributed by atoms with E-state index in [2.05, 4.69) is 0 Å². The van der Waals surface area contributed by atoms with Gasteiger partial charge in [-0.15, -0.1) is 0 Å². The average molecular weight is 437 g/mol. The van der Waals surface area contributed by atoms with Crippen LogP contribution in [0.15, 0.2) is 24.3 Å². The number of aromatic hydroxyl groups is 2. The van der Waals surface area contributed by atoms with Crippen molar-refractivity contribution in [3.63, 3.8) is 0 Å². The second-order valence-electron chi connectivity index (χ2n) is 7.25. The Morgan fingerprint density at radius 2 is 1.03 bits per heavy atom. The number of benzene rings is 2. The summed E-state index contributed by atoms with van der Waals surface area (Å²) in [5.41, 5.74) is 1.82. The Morgan fingerprint density at radius 1 is 0.690 bits per heavy atom. The van der Waals surface area contributed by atoms with Gasteiger partial charge in [-0.05, 0) is 62.1 Å². The van der Waals surface area contributed by atoms with Crippen LogP contribution in [0, 0.1) is 13.8 Å². The number of phenolic OH excluding ortho intramolecular Hbond substituents is 2. The molecule has 0 atom stereocenters. The van der Waals surface area contributed by atoms with Crippen molar-refractivity contribution >= 4 is 34.8 Å². The predicted octanol–water partition coefficient (Wildman–Crippen LogP) is 6.82. The summed E-state index contributed by atoms with van der Waals surface area (Å²) >= 11 is 12.1. The minimum absolute atomic E-state index is 0.0324. The van der Waals surface area contributed by atoms with Gasteiger partial charge in [-0.25, -0.2) is 0 Å². The standard InChI is InChI=1S/C23H26Cl2O4/c1-14-16(24)10-12-20(28)22(14)18(26)8-6-4-3-5-7-9-19(27)23-15(2)17(25)11-13-21(23)29/h10-13,28-29H,3-9H2,1-2H3. The van der Waals surface area contributed by atoms with Crippen molar-refractivity contribution in [2.75, 3.05) is 0 Å². The molecule has 4 nitrogen and oxygen atoms in total. The van der Waals surface area contributed by atoms with Gasteiger partial charge in [0.2, 0.25) is 0 Å². The maximum atomic E-state index is 12.4. The Morgan fingerprint density at radius 3 is 1.41 bits per heavy atom. The molecule has 2 N–H and O–H groups in total. The molecule has 2 aromatic rings. The highest BCUT2D eigenvalue weighted by molar-refractivity contribution is 6.32. The first-order valence-electron chi connectivity index (χ1n) is 9.76. The van der Waals surface area contributed by atoms with E-state index in [1.54, 1.807) is 26.0 Å². The van der Waals surface area contributed by atoms with Crippen LogP contribution in [0.5, 0.6) is 11.5 Å². The third-order valence-electron chi connectivity index (χ3n) is 5.12. The lowest BCUT2D eigenvalue weighted by molar-refractivity contribution is 0.0970. The quantitative estimate of drug-likeness (QED) is 0.316. The Hall–Kier alpha value is -2.04. The third-order valence-corrected chi connectivity index (χ3v) is 5.94. The molecule has 29 heavy (non-hydrogen) atoms. The van der Waals surface area contributed by atoms with Gasteiger partial charge in [0.15, 0.2) is 11.6 Å². The number of unbranched alkanes of at least 4 members (excludes halogenated alkanes) is 4. The van der Waals surface area contributed by atoms with Crippen molar-refractivity contribution < 1.29 is 19.8 Å². The van der Waals surface area contributed by atoms with Crippen LogP contribution in [0.1, 0.15) is 76.8 Å². The molecule has 0 fully saturated rings. The lowest BCUT2D eigenvalue weighted by Gasteiger charge is -2.10. The first-order chi connectivity index (χ1) is 13.7. The summed E-state index contributed by atoms with van der Waals surface area (Å²) in [5, 5.41) is 20.8. The Bertz CT molecular complexity index is 833. The van der Waals surface area contributed by atoms with Crippen LogP contribution >= 0.6 is 23.2 Å². The smallest absolute Gasteiger partial charge is 0.166 e. The van der Waals surface area contributed by atoms with Gasteiger partial charge in [0, 0.05) is 22.9 Å². The summed E-state index contributed by atoms with van der Waals surface area (Å²) in [5.74, 6) is -0.279. The Balaban J connectivity index is 1.72. The molecule has 0 saturated heterocycles. The van der Waals surface area contributed by atoms with Crippen molar-refractivity contribution in [2.24, 2.45) is 0 Å². The molecule has 0 radical (unpaired) electrons. The van der Waals surface area contributed by atoms with E-state index in [0.29, 0.717) is 58.0 Å². The van der Waals surface area contributed by atoms with E-state index < -0.39 is 0 Å². The second kappa shape index (κ2) is 10.7. The van der Waals surface area contributed by atoms with E-state index in [4.69, 9.17) is 23.2 Å². The third kappa shape index (κ3) is 5.97. The number of Topliss-reactive ketones (excluding diaryl/α,β-unsaturated/α-hetero) is 2. The monoisotopic (exact) mass is 436 g/mol. The van der Waals surface area contributed by atoms with Crippen LogP contribution < -0.4 is 0 Å². The molecule has 0 aliphatic carbocycles. The first-order valence-corrected chi connectivity index (χ1v) is 10.5. The topological polar surface area (TPSA) is 74.6 Å². The summed E-state index contributed by atoms with van der Waals surface area (Å²) < 4.78 is 0. The molecule has 0 aliphatic heterocycles. The van der Waals surface area contributed by atoms with E-state index in [1.807, 2.05) is 0 Å². The summed E-state index contributed by atoms with van der Waals surface area (Å²) in [4.78, 5) is 24.7. The molecular formula is C23H26Cl2O4. The molecule has 156 valence electrons. The van der Waals surface area contributed by atoms with E-state index >= 15 is 0 Å². The highest BCUT2D eigenvalue weighted by atomic mass is 35.5. The summed E-state index contributed by atoms with van der Waals surface area (Å²) in [7, 11) is 0. The number of carbonyl (C=O) groups excluding carboxylic acids is 2. The molecule has 0 spiro atoms. The van der Waals surface area contributed by atoms with Gasteiger partial charge >= 0.3 is 0 Å². The molecule has 0 unspecified atom stereocenters. The molecule has 0 heterocycles. The number of halogens is 2. The molecule has 6 heteroatoms. The highest BCUT2D eigenvalue weighted by Crippen LogP contribution is 2.30. The van der Waals surface area contributed by atoms with Gasteiger partial charge < -0.3 is 10.2 Å². The Labute approximate surface area is 181 Å². The van der Waals surface area contributed by atoms with Crippen LogP contribution in [0.25, 0.3) is 0 Å². The fraction of sp³-hybridized carbons (Fsp3) is 0.391. The van der Waals surface area contributed by atoms with Crippen LogP contribution in [-0.4, -0.2) is 21.8 Å². The zero-order valence-electron chi connectivity index (χ0n) is 16.7. The maximum absolute atomic E-state index is 12.4. The summed E-state index contributed by atoms with van der Waals surface area (Å²) in [6.07, 6.45) is 4.76. The summed E-state index contributed by atoms with van der Waals surface area (Å²) in [6.45, 7) is 3.46. The largest absolute Gasteiger partial charge is 0.507 e. The zero-order chi connectivity index (χ0) is 21.6. The number of ketones is 2. The van der Waals surface area contributed by atoms with Crippen LogP contribution in [0.2, 0.25) is 10.0 Å². The van der Waals surface area contributed by atoms with Crippen molar-refractivity contribution in [2.45, 2.75) is 58.8 Å². The lowest BCUT2D eigenvalue weighted by Crippen LogP contribution is -2.03. The van der Waals surface area contributed by atoms with E-state index in [9.17, 15) is 19.8 Å². The van der Waals surface area contributed by atoms with Gasteiger partial charge in [0.1, 0.15) is 11.5 Å². The van der Waals surface area contributed by atoms with E-state index in [1.165, 1.54) is 12.1 Å². The molecule has 0 aliphatic rings. The average Bonchev–Trinajstić information content (AvgIpc) is 2.67. The fourth-order valence-corrected chi connectivity index (χ4v) is 3.71. The van der Waals surface area contributed by atoms with Crippen LogP contribution in [-0.2, 0) is 0 Å². The van der Waals surface area contributed by atoms with Crippen LogP contribution in [0.4, 0.5) is 0 Å².